The highest BCUT2D eigenvalue weighted by molar-refractivity contribution is 6.64. The van der Waals surface area contributed by atoms with Crippen molar-refractivity contribution >= 4 is 19.4 Å². The van der Waals surface area contributed by atoms with Crippen molar-refractivity contribution in [2.45, 2.75) is 0 Å². The molecule has 0 saturated heterocycles. The highest BCUT2D eigenvalue weighted by Gasteiger charge is 2.11. The van der Waals surface area contributed by atoms with E-state index in [0.717, 1.165) is 6.19 Å². The second-order valence-electron chi connectivity index (χ2n) is 2.23. The number of carbonyl (C=O) groups is 2. The molecule has 0 atom stereocenters. The Bertz CT molecular complexity index is 179. The Hall–Kier alpha value is -0.895. The lowest BCUT2D eigenvalue weighted by molar-refractivity contribution is -0.115. The van der Waals surface area contributed by atoms with Crippen LogP contribution in [0.2, 0.25) is 0 Å². The molecule has 0 saturated carbocycles. The van der Waals surface area contributed by atoms with Crippen molar-refractivity contribution in [1.82, 2.24) is 4.81 Å². The molecular weight excluding hydrogens is 129 g/mol. The van der Waals surface area contributed by atoms with Crippen LogP contribution in [0.4, 0.5) is 0 Å². The Labute approximate surface area is 60.0 Å². The Kier molecular flexibility index (Phi) is 2.39. The average molecular weight is 137 g/mol. The summed E-state index contributed by atoms with van der Waals surface area (Å²) < 4.78 is 0. The van der Waals surface area contributed by atoms with Gasteiger partial charge in [-0.25, -0.2) is 0 Å². The molecule has 0 aliphatic carbocycles. The first-order chi connectivity index (χ1) is 4.83. The molecule has 1 heterocycles. The molecule has 10 heavy (non-hydrogen) atoms. The van der Waals surface area contributed by atoms with E-state index in [1.165, 1.54) is 0 Å². The van der Waals surface area contributed by atoms with Gasteiger partial charge in [-0.1, -0.05) is 6.08 Å². The predicted molar refractivity (Wildman–Crippen MR) is 39.6 cm³/mol. The fourth-order valence-corrected chi connectivity index (χ4v) is 0.915. The predicted octanol–water partition coefficient (Wildman–Crippen LogP) is -1.03. The van der Waals surface area contributed by atoms with E-state index in [2.05, 4.69) is 0 Å². The monoisotopic (exact) mass is 137 g/mol. The lowest BCUT2D eigenvalue weighted by atomic mass is 9.93. The van der Waals surface area contributed by atoms with Crippen LogP contribution in [0.3, 0.4) is 0 Å². The molecule has 0 bridgehead atoms. The van der Waals surface area contributed by atoms with Gasteiger partial charge in [-0.3, -0.25) is 4.79 Å². The third-order valence-corrected chi connectivity index (χ3v) is 1.38. The molecule has 0 fully saturated rings. The van der Waals surface area contributed by atoms with Gasteiger partial charge in [0.25, 0.3) is 7.41 Å². The second kappa shape index (κ2) is 3.32. The summed E-state index contributed by atoms with van der Waals surface area (Å²) in [5, 5.41) is 0. The van der Waals surface area contributed by atoms with Gasteiger partial charge in [0.2, 0.25) is 0 Å². The molecule has 1 aliphatic rings. The summed E-state index contributed by atoms with van der Waals surface area (Å²) in [6.45, 7) is 1.10. The summed E-state index contributed by atoms with van der Waals surface area (Å²) in [4.78, 5) is 22.5. The summed E-state index contributed by atoms with van der Waals surface area (Å²) in [7, 11) is 0.357. The summed E-state index contributed by atoms with van der Waals surface area (Å²) in [5.41, 5.74) is 0. The normalized spacial score (nSPS) is 19.0. The van der Waals surface area contributed by atoms with Gasteiger partial charge in [0, 0.05) is 6.54 Å². The quantitative estimate of drug-likeness (QED) is 0.360. The fourth-order valence-electron chi connectivity index (χ4n) is 0.915. The van der Waals surface area contributed by atoms with Gasteiger partial charge in [-0.2, -0.15) is 0 Å². The maximum Gasteiger partial charge on any atom is 0.281 e. The Morgan fingerprint density at radius 2 is 2.50 bits per heavy atom. The highest BCUT2D eigenvalue weighted by atomic mass is 16.1. The molecule has 0 unspecified atom stereocenters. The van der Waals surface area contributed by atoms with E-state index in [-0.39, 0.29) is 5.78 Å². The van der Waals surface area contributed by atoms with Gasteiger partial charge in [-0.15, -0.1) is 0 Å². The van der Waals surface area contributed by atoms with Crippen LogP contribution in [0, 0.1) is 0 Å². The maximum atomic E-state index is 10.7. The van der Waals surface area contributed by atoms with Gasteiger partial charge in [0.1, 0.15) is 0 Å². The van der Waals surface area contributed by atoms with E-state index in [1.807, 2.05) is 0 Å². The summed E-state index contributed by atoms with van der Waals surface area (Å²) >= 11 is 0. The molecule has 1 aliphatic heterocycles. The SMILES string of the molecule is O=CBN1CC=CC(=O)C1. The minimum atomic E-state index is 0.0769. The van der Waals surface area contributed by atoms with Crippen molar-refractivity contribution in [3.05, 3.63) is 12.2 Å². The molecule has 52 valence electrons. The van der Waals surface area contributed by atoms with Crippen LogP contribution in [0.15, 0.2) is 12.2 Å². The largest absolute Gasteiger partial charge is 0.329 e. The van der Waals surface area contributed by atoms with Crippen molar-refractivity contribution < 1.29 is 9.59 Å². The second-order valence-corrected chi connectivity index (χ2v) is 2.23. The van der Waals surface area contributed by atoms with Crippen LogP contribution in [0.5, 0.6) is 0 Å². The lowest BCUT2D eigenvalue weighted by Crippen LogP contribution is -2.36. The van der Waals surface area contributed by atoms with Crippen molar-refractivity contribution in [1.29, 1.82) is 0 Å². The van der Waals surface area contributed by atoms with Crippen LogP contribution in [0.25, 0.3) is 0 Å². The first-order valence-corrected chi connectivity index (χ1v) is 3.18. The molecule has 0 N–H and O–H groups in total. The minimum absolute atomic E-state index is 0.0769. The Morgan fingerprint density at radius 3 is 3.10 bits per heavy atom. The third-order valence-electron chi connectivity index (χ3n) is 1.38. The van der Waals surface area contributed by atoms with E-state index in [9.17, 15) is 9.59 Å². The molecule has 0 radical (unpaired) electrons. The zero-order chi connectivity index (χ0) is 7.40. The van der Waals surface area contributed by atoms with Crippen LogP contribution in [0.1, 0.15) is 0 Å². The summed E-state index contributed by atoms with van der Waals surface area (Å²) in [6.07, 6.45) is 4.14. The molecule has 0 aromatic heterocycles. The smallest absolute Gasteiger partial charge is 0.281 e. The number of ketones is 1. The van der Waals surface area contributed by atoms with Crippen LogP contribution >= 0.6 is 0 Å². The lowest BCUT2D eigenvalue weighted by Gasteiger charge is -2.18. The van der Waals surface area contributed by atoms with Gasteiger partial charge in [-0.05, 0) is 6.08 Å². The molecule has 1 rings (SSSR count). The van der Waals surface area contributed by atoms with Gasteiger partial charge >= 0.3 is 0 Å². The van der Waals surface area contributed by atoms with Crippen molar-refractivity contribution in [2.75, 3.05) is 13.1 Å². The maximum absolute atomic E-state index is 10.7. The molecule has 0 aromatic rings. The van der Waals surface area contributed by atoms with Gasteiger partial charge in [0.05, 0.1) is 12.7 Å². The summed E-state index contributed by atoms with van der Waals surface area (Å²) in [5.74, 6) is 0.0769. The standard InChI is InChI=1S/C6H8BNO2/c9-5-7-8-3-1-2-6(10)4-8/h1-2,5,7H,3-4H2. The zero-order valence-corrected chi connectivity index (χ0v) is 5.62. The van der Waals surface area contributed by atoms with Gasteiger partial charge < -0.3 is 9.61 Å². The molecule has 4 heteroatoms. The molecule has 0 amide bonds. The number of hydrogen-bond acceptors (Lipinski definition) is 3. The van der Waals surface area contributed by atoms with Crippen LogP contribution < -0.4 is 0 Å². The minimum Gasteiger partial charge on any atom is -0.329 e. The highest BCUT2D eigenvalue weighted by Crippen LogP contribution is 1.94. The molecule has 3 nitrogen and oxygen atoms in total. The van der Waals surface area contributed by atoms with E-state index >= 15 is 0 Å². The number of hydrogen-bond donors (Lipinski definition) is 0. The Balaban J connectivity index is 2.43. The molecule has 0 aromatic carbocycles. The first-order valence-electron chi connectivity index (χ1n) is 3.18. The number of nitrogens with zero attached hydrogens (tertiary/aromatic N) is 1. The van der Waals surface area contributed by atoms with E-state index in [0.29, 0.717) is 20.5 Å². The third kappa shape index (κ3) is 1.81. The van der Waals surface area contributed by atoms with Gasteiger partial charge in [0.15, 0.2) is 5.78 Å². The fraction of sp³-hybridized carbons (Fsp3) is 0.333. The van der Waals surface area contributed by atoms with Crippen LogP contribution in [-0.2, 0) is 9.59 Å². The van der Waals surface area contributed by atoms with Crippen molar-refractivity contribution in [2.24, 2.45) is 0 Å². The molecular formula is C6H8BNO2. The molecule has 0 spiro atoms. The average Bonchev–Trinajstić information content (AvgIpc) is 1.88. The van der Waals surface area contributed by atoms with E-state index in [4.69, 9.17) is 0 Å². The van der Waals surface area contributed by atoms with E-state index < -0.39 is 0 Å². The van der Waals surface area contributed by atoms with Crippen LogP contribution in [-0.4, -0.2) is 37.3 Å². The first kappa shape index (κ1) is 7.21. The van der Waals surface area contributed by atoms with E-state index in [1.54, 1.807) is 17.0 Å². The van der Waals surface area contributed by atoms with Crippen molar-refractivity contribution in [3.8, 4) is 0 Å². The topological polar surface area (TPSA) is 37.4 Å². The number of rotatable bonds is 2. The van der Waals surface area contributed by atoms with Crippen molar-refractivity contribution in [3.63, 3.8) is 0 Å². The number of carbonyl (C=O) groups excluding carboxylic acids is 2. The zero-order valence-electron chi connectivity index (χ0n) is 5.62. The Morgan fingerprint density at radius 1 is 1.70 bits per heavy atom. The summed E-state index contributed by atoms with van der Waals surface area (Å²) in [6, 6.07) is 0.